The molecule has 6 heteroatoms. The van der Waals surface area contributed by atoms with Gasteiger partial charge in [-0.3, -0.25) is 0 Å². The molecule has 4 atom stereocenters. The molecule has 1 unspecified atom stereocenters. The lowest BCUT2D eigenvalue weighted by Gasteiger charge is -2.16. The number of rotatable bonds is 3. The van der Waals surface area contributed by atoms with E-state index in [1.165, 1.54) is 12.1 Å². The molecular formula is C12H15NO5. The minimum absolute atomic E-state index is 0.158. The predicted octanol–water partition coefficient (Wildman–Crippen LogP) is -0.888. The second-order valence-corrected chi connectivity index (χ2v) is 4.34. The molecule has 1 saturated heterocycles. The molecule has 1 aliphatic rings. The van der Waals surface area contributed by atoms with Crippen molar-refractivity contribution in [1.82, 2.24) is 5.32 Å². The van der Waals surface area contributed by atoms with Crippen molar-refractivity contribution in [2.45, 2.75) is 24.3 Å². The summed E-state index contributed by atoms with van der Waals surface area (Å²) < 4.78 is 0. The largest absolute Gasteiger partial charge is 0.478 e. The number of benzene rings is 1. The Labute approximate surface area is 104 Å². The molecule has 0 aliphatic carbocycles. The Morgan fingerprint density at radius 2 is 1.78 bits per heavy atom. The van der Waals surface area contributed by atoms with Gasteiger partial charge in [-0.25, -0.2) is 4.79 Å². The summed E-state index contributed by atoms with van der Waals surface area (Å²) >= 11 is 0. The standard InChI is InChI=1S/C12H15NO5/c14-5-8-10(15)11(16)9(13-8)6-1-3-7(4-2-6)12(17)18/h1-4,8-11,13-16H,5H2,(H,17,18)/t8-,9?,10-,11+/m1/s1. The molecule has 98 valence electrons. The number of aromatic carboxylic acids is 1. The Balaban J connectivity index is 2.19. The second kappa shape index (κ2) is 5.03. The van der Waals surface area contributed by atoms with E-state index in [4.69, 9.17) is 10.2 Å². The van der Waals surface area contributed by atoms with Crippen LogP contribution in [-0.4, -0.2) is 51.3 Å². The normalized spacial score (nSPS) is 31.5. The minimum atomic E-state index is -1.04. The first kappa shape index (κ1) is 13.0. The summed E-state index contributed by atoms with van der Waals surface area (Å²) in [6.07, 6.45) is -2.07. The third-order valence-electron chi connectivity index (χ3n) is 3.21. The van der Waals surface area contributed by atoms with Crippen molar-refractivity contribution in [2.24, 2.45) is 0 Å². The van der Waals surface area contributed by atoms with Crippen molar-refractivity contribution < 1.29 is 25.2 Å². The van der Waals surface area contributed by atoms with Gasteiger partial charge in [0.2, 0.25) is 0 Å². The lowest BCUT2D eigenvalue weighted by Crippen LogP contribution is -2.35. The number of nitrogens with one attached hydrogen (secondary N) is 1. The molecule has 5 N–H and O–H groups in total. The first-order valence-corrected chi connectivity index (χ1v) is 5.61. The fourth-order valence-corrected chi connectivity index (χ4v) is 2.15. The van der Waals surface area contributed by atoms with Crippen LogP contribution in [0.1, 0.15) is 22.0 Å². The molecule has 0 bridgehead atoms. The number of hydrogen-bond acceptors (Lipinski definition) is 5. The number of aliphatic hydroxyl groups excluding tert-OH is 3. The van der Waals surface area contributed by atoms with Crippen molar-refractivity contribution in [3.05, 3.63) is 35.4 Å². The molecule has 0 aromatic heterocycles. The summed E-state index contributed by atoms with van der Waals surface area (Å²) in [5.41, 5.74) is 0.827. The van der Waals surface area contributed by atoms with Crippen LogP contribution in [0.25, 0.3) is 0 Å². The van der Waals surface area contributed by atoms with E-state index < -0.39 is 30.3 Å². The average molecular weight is 253 g/mol. The Bertz CT molecular complexity index is 433. The van der Waals surface area contributed by atoms with E-state index in [2.05, 4.69) is 5.32 Å². The van der Waals surface area contributed by atoms with E-state index in [9.17, 15) is 15.0 Å². The van der Waals surface area contributed by atoms with Crippen LogP contribution in [-0.2, 0) is 0 Å². The van der Waals surface area contributed by atoms with Crippen LogP contribution in [0.2, 0.25) is 0 Å². The van der Waals surface area contributed by atoms with Gasteiger partial charge in [0.05, 0.1) is 30.4 Å². The van der Waals surface area contributed by atoms with E-state index >= 15 is 0 Å². The van der Waals surface area contributed by atoms with Gasteiger partial charge < -0.3 is 25.7 Å². The summed E-state index contributed by atoms with van der Waals surface area (Å²) in [6, 6.07) is 4.94. The average Bonchev–Trinajstić information content (AvgIpc) is 2.66. The summed E-state index contributed by atoms with van der Waals surface area (Å²) in [5.74, 6) is -1.02. The van der Waals surface area contributed by atoms with Crippen LogP contribution >= 0.6 is 0 Å². The van der Waals surface area contributed by atoms with Gasteiger partial charge >= 0.3 is 5.97 Å². The van der Waals surface area contributed by atoms with Gasteiger partial charge in [0, 0.05) is 0 Å². The minimum Gasteiger partial charge on any atom is -0.478 e. The van der Waals surface area contributed by atoms with Crippen molar-refractivity contribution >= 4 is 5.97 Å². The highest BCUT2D eigenvalue weighted by Crippen LogP contribution is 2.27. The van der Waals surface area contributed by atoms with Crippen molar-refractivity contribution in [3.63, 3.8) is 0 Å². The lowest BCUT2D eigenvalue weighted by atomic mass is 10.00. The second-order valence-electron chi connectivity index (χ2n) is 4.34. The van der Waals surface area contributed by atoms with E-state index in [1.807, 2.05) is 0 Å². The van der Waals surface area contributed by atoms with Crippen molar-refractivity contribution in [3.8, 4) is 0 Å². The van der Waals surface area contributed by atoms with Crippen LogP contribution in [0.4, 0.5) is 0 Å². The quantitative estimate of drug-likeness (QED) is 0.478. The van der Waals surface area contributed by atoms with Crippen LogP contribution < -0.4 is 5.32 Å². The summed E-state index contributed by atoms with van der Waals surface area (Å²) in [4.78, 5) is 10.7. The van der Waals surface area contributed by atoms with Crippen molar-refractivity contribution in [2.75, 3.05) is 6.61 Å². The lowest BCUT2D eigenvalue weighted by molar-refractivity contribution is 0.0194. The smallest absolute Gasteiger partial charge is 0.335 e. The third-order valence-corrected chi connectivity index (χ3v) is 3.21. The highest BCUT2D eigenvalue weighted by molar-refractivity contribution is 5.87. The Morgan fingerprint density at radius 1 is 1.17 bits per heavy atom. The molecule has 1 fully saturated rings. The van der Waals surface area contributed by atoms with E-state index in [0.29, 0.717) is 5.56 Å². The van der Waals surface area contributed by atoms with Crippen LogP contribution in [0.3, 0.4) is 0 Å². The fourth-order valence-electron chi connectivity index (χ4n) is 2.15. The SMILES string of the molecule is O=C(O)c1ccc(C2N[C@H](CO)[C@@H](O)[C@H]2O)cc1. The maximum atomic E-state index is 10.7. The van der Waals surface area contributed by atoms with E-state index in [0.717, 1.165) is 0 Å². The third kappa shape index (κ3) is 2.23. The van der Waals surface area contributed by atoms with Crippen LogP contribution in [0.5, 0.6) is 0 Å². The first-order chi connectivity index (χ1) is 8.54. The number of aliphatic hydroxyl groups is 3. The molecule has 1 aromatic carbocycles. The fraction of sp³-hybridized carbons (Fsp3) is 0.417. The number of hydrogen-bond donors (Lipinski definition) is 5. The van der Waals surface area contributed by atoms with Gasteiger partial charge in [-0.1, -0.05) is 12.1 Å². The maximum Gasteiger partial charge on any atom is 0.335 e. The van der Waals surface area contributed by atoms with Gasteiger partial charge in [0.15, 0.2) is 0 Å². The maximum absolute atomic E-state index is 10.7. The zero-order valence-corrected chi connectivity index (χ0v) is 9.52. The number of carboxylic acids is 1. The highest BCUT2D eigenvalue weighted by Gasteiger charge is 2.41. The first-order valence-electron chi connectivity index (χ1n) is 5.61. The predicted molar refractivity (Wildman–Crippen MR) is 62.2 cm³/mol. The number of carbonyl (C=O) groups is 1. The van der Waals surface area contributed by atoms with Gasteiger partial charge in [-0.15, -0.1) is 0 Å². The van der Waals surface area contributed by atoms with Gasteiger partial charge in [-0.2, -0.15) is 0 Å². The molecule has 2 rings (SSSR count). The van der Waals surface area contributed by atoms with Gasteiger partial charge in [-0.05, 0) is 17.7 Å². The molecule has 0 amide bonds. The molecule has 1 aromatic rings. The molecular weight excluding hydrogens is 238 g/mol. The topological polar surface area (TPSA) is 110 Å². The van der Waals surface area contributed by atoms with Gasteiger partial charge in [0.1, 0.15) is 6.10 Å². The monoisotopic (exact) mass is 253 g/mol. The van der Waals surface area contributed by atoms with E-state index in [1.54, 1.807) is 12.1 Å². The molecule has 0 spiro atoms. The summed E-state index contributed by atoms with van der Waals surface area (Å²) in [6.45, 7) is -0.276. The van der Waals surface area contributed by atoms with Crippen LogP contribution in [0, 0.1) is 0 Å². The molecule has 0 radical (unpaired) electrons. The van der Waals surface area contributed by atoms with Gasteiger partial charge in [0.25, 0.3) is 0 Å². The molecule has 18 heavy (non-hydrogen) atoms. The zero-order valence-electron chi connectivity index (χ0n) is 9.52. The Hall–Kier alpha value is -1.47. The highest BCUT2D eigenvalue weighted by atomic mass is 16.4. The molecule has 6 nitrogen and oxygen atoms in total. The Kier molecular flexibility index (Phi) is 3.63. The van der Waals surface area contributed by atoms with Crippen molar-refractivity contribution in [1.29, 1.82) is 0 Å². The Morgan fingerprint density at radius 3 is 2.22 bits per heavy atom. The number of carboxylic acid groups (broad SMARTS) is 1. The molecule has 1 aliphatic heterocycles. The molecule has 1 heterocycles. The summed E-state index contributed by atoms with van der Waals surface area (Å²) in [7, 11) is 0. The zero-order chi connectivity index (χ0) is 13.3. The molecule has 0 saturated carbocycles. The summed E-state index contributed by atoms with van der Waals surface area (Å²) in [5, 5.41) is 40.2. The van der Waals surface area contributed by atoms with Crippen LogP contribution in [0.15, 0.2) is 24.3 Å². The van der Waals surface area contributed by atoms with E-state index in [-0.39, 0.29) is 12.2 Å².